The second-order valence-electron chi connectivity index (χ2n) is 5.55. The number of hydrogen-bond donors (Lipinski definition) is 2. The van der Waals surface area contributed by atoms with Gasteiger partial charge in [0.1, 0.15) is 0 Å². The quantitative estimate of drug-likeness (QED) is 0.643. The highest BCUT2D eigenvalue weighted by molar-refractivity contribution is 6.42. The summed E-state index contributed by atoms with van der Waals surface area (Å²) in [5.74, 6) is 5.88. The Morgan fingerprint density at radius 1 is 1.38 bits per heavy atom. The van der Waals surface area contributed by atoms with E-state index < -0.39 is 0 Å². The fourth-order valence-electron chi connectivity index (χ4n) is 3.03. The summed E-state index contributed by atoms with van der Waals surface area (Å²) in [6.45, 7) is 7.64. The maximum absolute atomic E-state index is 6.40. The summed E-state index contributed by atoms with van der Waals surface area (Å²) in [5, 5.41) is 1.12. The van der Waals surface area contributed by atoms with Gasteiger partial charge < -0.3 is 4.74 Å². The van der Waals surface area contributed by atoms with Crippen LogP contribution in [0.3, 0.4) is 0 Å². The first-order valence-electron chi connectivity index (χ1n) is 7.27. The van der Waals surface area contributed by atoms with Crippen molar-refractivity contribution in [3.05, 3.63) is 33.8 Å². The third-order valence-electron chi connectivity index (χ3n) is 4.53. The molecule has 1 aromatic rings. The van der Waals surface area contributed by atoms with Gasteiger partial charge >= 0.3 is 0 Å². The van der Waals surface area contributed by atoms with Gasteiger partial charge in [-0.15, -0.1) is 0 Å². The van der Waals surface area contributed by atoms with Gasteiger partial charge in [0.25, 0.3) is 0 Å². The molecule has 4 nitrogen and oxygen atoms in total. The molecule has 3 N–H and O–H groups in total. The Bertz CT molecular complexity index is 480. The summed E-state index contributed by atoms with van der Waals surface area (Å²) in [6, 6.07) is 5.57. The maximum atomic E-state index is 6.40. The number of ether oxygens (including phenoxy) is 1. The minimum Gasteiger partial charge on any atom is -0.379 e. The molecule has 0 saturated carbocycles. The zero-order valence-corrected chi connectivity index (χ0v) is 14.0. The summed E-state index contributed by atoms with van der Waals surface area (Å²) in [7, 11) is 0. The molecule has 2 unspecified atom stereocenters. The lowest BCUT2D eigenvalue weighted by Gasteiger charge is -2.47. The number of benzene rings is 1. The van der Waals surface area contributed by atoms with Gasteiger partial charge in [0.15, 0.2) is 0 Å². The van der Waals surface area contributed by atoms with Crippen LogP contribution in [0.2, 0.25) is 10.0 Å². The Morgan fingerprint density at radius 3 is 2.62 bits per heavy atom. The molecule has 118 valence electrons. The van der Waals surface area contributed by atoms with Crippen molar-refractivity contribution in [2.24, 2.45) is 5.84 Å². The second kappa shape index (κ2) is 7.27. The molecule has 1 fully saturated rings. The van der Waals surface area contributed by atoms with Crippen molar-refractivity contribution in [2.75, 3.05) is 26.3 Å². The lowest BCUT2D eigenvalue weighted by Crippen LogP contribution is -2.58. The molecule has 0 bridgehead atoms. The lowest BCUT2D eigenvalue weighted by molar-refractivity contribution is -0.0329. The molecule has 2 rings (SSSR count). The van der Waals surface area contributed by atoms with E-state index in [0.717, 1.165) is 38.3 Å². The Labute approximate surface area is 136 Å². The topological polar surface area (TPSA) is 50.5 Å². The number of nitrogens with two attached hydrogens (primary N) is 1. The zero-order valence-electron chi connectivity index (χ0n) is 12.5. The number of rotatable bonds is 5. The van der Waals surface area contributed by atoms with Gasteiger partial charge in [-0.05, 0) is 25.0 Å². The highest BCUT2D eigenvalue weighted by Gasteiger charge is 2.40. The van der Waals surface area contributed by atoms with Crippen LogP contribution in [0.1, 0.15) is 31.9 Å². The number of morpholine rings is 1. The fraction of sp³-hybridized carbons (Fsp3) is 0.600. The molecule has 6 heteroatoms. The minimum atomic E-state index is -0.160. The third-order valence-corrected chi connectivity index (χ3v) is 5.36. The highest BCUT2D eigenvalue weighted by Crippen LogP contribution is 2.39. The van der Waals surface area contributed by atoms with E-state index in [0.29, 0.717) is 10.0 Å². The Kier molecular flexibility index (Phi) is 5.88. The molecule has 1 heterocycles. The number of nitrogens with one attached hydrogen (secondary N) is 1. The summed E-state index contributed by atoms with van der Waals surface area (Å²) in [5.41, 5.74) is 3.72. The van der Waals surface area contributed by atoms with Crippen LogP contribution in [-0.4, -0.2) is 36.7 Å². The highest BCUT2D eigenvalue weighted by atomic mass is 35.5. The molecule has 0 radical (unpaired) electrons. The normalized spacial score (nSPS) is 21.0. The average molecular weight is 332 g/mol. The molecule has 0 aliphatic carbocycles. The molecule has 1 saturated heterocycles. The number of nitrogens with zero attached hydrogens (tertiary/aromatic N) is 1. The summed E-state index contributed by atoms with van der Waals surface area (Å²) < 4.78 is 5.46. The van der Waals surface area contributed by atoms with Crippen molar-refractivity contribution in [3.8, 4) is 0 Å². The molecular weight excluding hydrogens is 309 g/mol. The van der Waals surface area contributed by atoms with Crippen LogP contribution >= 0.6 is 23.2 Å². The number of hydrazine groups is 1. The molecule has 0 aromatic heterocycles. The molecule has 0 amide bonds. The average Bonchev–Trinajstić information content (AvgIpc) is 2.52. The molecule has 21 heavy (non-hydrogen) atoms. The van der Waals surface area contributed by atoms with Crippen LogP contribution in [0.5, 0.6) is 0 Å². The lowest BCUT2D eigenvalue weighted by atomic mass is 9.83. The van der Waals surface area contributed by atoms with Gasteiger partial charge in [-0.1, -0.05) is 42.3 Å². The molecule has 1 aliphatic heterocycles. The van der Waals surface area contributed by atoms with E-state index in [9.17, 15) is 0 Å². The predicted molar refractivity (Wildman–Crippen MR) is 87.6 cm³/mol. The van der Waals surface area contributed by atoms with E-state index in [1.165, 1.54) is 0 Å². The number of hydrogen-bond acceptors (Lipinski definition) is 4. The molecule has 1 aliphatic rings. The van der Waals surface area contributed by atoms with Gasteiger partial charge in [-0.3, -0.25) is 16.2 Å². The van der Waals surface area contributed by atoms with Gasteiger partial charge in [-0.25, -0.2) is 0 Å². The van der Waals surface area contributed by atoms with E-state index in [4.69, 9.17) is 33.8 Å². The van der Waals surface area contributed by atoms with Gasteiger partial charge in [0, 0.05) is 18.6 Å². The van der Waals surface area contributed by atoms with Crippen molar-refractivity contribution in [2.45, 2.75) is 31.8 Å². The Balaban J connectivity index is 2.38. The van der Waals surface area contributed by atoms with Crippen molar-refractivity contribution < 1.29 is 4.74 Å². The first kappa shape index (κ1) is 17.0. The van der Waals surface area contributed by atoms with E-state index in [1.54, 1.807) is 6.07 Å². The zero-order chi connectivity index (χ0) is 15.5. The standard InChI is InChI=1S/C15H23Cl2N3O/c1-3-15(2,20-7-9-21-10-8-20)14(19-18)11-5-4-6-12(16)13(11)17/h4-6,14,19H,3,7-10,18H2,1-2H3. The first-order valence-corrected chi connectivity index (χ1v) is 8.03. The van der Waals surface area contributed by atoms with Crippen LogP contribution < -0.4 is 11.3 Å². The Hall–Kier alpha value is -0.360. The van der Waals surface area contributed by atoms with Crippen molar-refractivity contribution in [3.63, 3.8) is 0 Å². The van der Waals surface area contributed by atoms with E-state index in [2.05, 4.69) is 24.2 Å². The van der Waals surface area contributed by atoms with Crippen LogP contribution in [0.15, 0.2) is 18.2 Å². The van der Waals surface area contributed by atoms with Gasteiger partial charge in [0.2, 0.25) is 0 Å². The molecule has 2 atom stereocenters. The predicted octanol–water partition coefficient (Wildman–Crippen LogP) is 3.00. The van der Waals surface area contributed by atoms with E-state index in [1.807, 2.05) is 12.1 Å². The van der Waals surface area contributed by atoms with Gasteiger partial charge in [0.05, 0.1) is 29.3 Å². The van der Waals surface area contributed by atoms with Crippen molar-refractivity contribution in [1.82, 2.24) is 10.3 Å². The summed E-state index contributed by atoms with van der Waals surface area (Å²) >= 11 is 12.6. The van der Waals surface area contributed by atoms with Crippen LogP contribution in [0.25, 0.3) is 0 Å². The van der Waals surface area contributed by atoms with Gasteiger partial charge in [-0.2, -0.15) is 0 Å². The Morgan fingerprint density at radius 2 is 2.05 bits per heavy atom. The van der Waals surface area contributed by atoms with Crippen LogP contribution in [0.4, 0.5) is 0 Å². The summed E-state index contributed by atoms with van der Waals surface area (Å²) in [6.07, 6.45) is 0.935. The maximum Gasteiger partial charge on any atom is 0.0656 e. The summed E-state index contributed by atoms with van der Waals surface area (Å²) in [4.78, 5) is 2.41. The smallest absolute Gasteiger partial charge is 0.0656 e. The third kappa shape index (κ3) is 3.36. The molecular formula is C15H23Cl2N3O. The minimum absolute atomic E-state index is 0.105. The van der Waals surface area contributed by atoms with Crippen molar-refractivity contribution in [1.29, 1.82) is 0 Å². The second-order valence-corrected chi connectivity index (χ2v) is 6.34. The van der Waals surface area contributed by atoms with E-state index in [-0.39, 0.29) is 11.6 Å². The molecule has 0 spiro atoms. The molecule has 1 aromatic carbocycles. The first-order chi connectivity index (χ1) is 10.0. The number of halogens is 2. The van der Waals surface area contributed by atoms with Crippen LogP contribution in [0, 0.1) is 0 Å². The largest absolute Gasteiger partial charge is 0.379 e. The fourth-order valence-corrected chi connectivity index (χ4v) is 3.45. The van der Waals surface area contributed by atoms with Crippen molar-refractivity contribution >= 4 is 23.2 Å². The SMILES string of the molecule is CCC(C)(C(NN)c1cccc(Cl)c1Cl)N1CCOCC1. The monoisotopic (exact) mass is 331 g/mol. The van der Waals surface area contributed by atoms with Crippen LogP contribution in [-0.2, 0) is 4.74 Å². The van der Waals surface area contributed by atoms with E-state index >= 15 is 0 Å².